The zero-order valence-electron chi connectivity index (χ0n) is 10.8. The van der Waals surface area contributed by atoms with Crippen LogP contribution in [0.25, 0.3) is 0 Å². The number of hydrogen-bond acceptors (Lipinski definition) is 6. The van der Waals surface area contributed by atoms with Gasteiger partial charge in [-0.05, 0) is 12.1 Å². The second-order valence-electron chi connectivity index (χ2n) is 3.84. The predicted molar refractivity (Wildman–Crippen MR) is 70.9 cm³/mol. The Morgan fingerprint density at radius 3 is 2.71 bits per heavy atom. The number of rotatable bonds is 5. The molecule has 1 heterocycles. The van der Waals surface area contributed by atoms with Crippen molar-refractivity contribution in [1.29, 1.82) is 0 Å². The van der Waals surface area contributed by atoms with Crippen LogP contribution >= 0.6 is 0 Å². The summed E-state index contributed by atoms with van der Waals surface area (Å²) in [7, 11) is 1.34. The fourth-order valence-corrected chi connectivity index (χ4v) is 1.66. The average Bonchev–Trinajstić information content (AvgIpc) is 2.47. The van der Waals surface area contributed by atoms with Gasteiger partial charge in [0.15, 0.2) is 11.5 Å². The van der Waals surface area contributed by atoms with Gasteiger partial charge in [0.25, 0.3) is 0 Å². The van der Waals surface area contributed by atoms with Crippen LogP contribution in [0.3, 0.4) is 0 Å². The van der Waals surface area contributed by atoms with E-state index in [0.29, 0.717) is 0 Å². The molecule has 0 radical (unpaired) electrons. The highest BCUT2D eigenvalue weighted by Gasteiger charge is 2.21. The molecule has 0 aliphatic heterocycles. The van der Waals surface area contributed by atoms with E-state index < -0.39 is 10.9 Å². The quantitative estimate of drug-likeness (QED) is 0.664. The van der Waals surface area contributed by atoms with Crippen LogP contribution in [0.4, 0.5) is 5.69 Å². The molecular weight excluding hydrogens is 280 g/mol. The molecule has 8 nitrogen and oxygen atoms in total. The number of hydrogen-bond donors (Lipinski definition) is 1. The van der Waals surface area contributed by atoms with Gasteiger partial charge < -0.3 is 14.6 Å². The number of methoxy groups -OCH3 is 1. The Bertz CT molecular complexity index is 701. The maximum absolute atomic E-state index is 11.2. The molecule has 1 aromatic carbocycles. The Morgan fingerprint density at radius 2 is 2.10 bits per heavy atom. The number of carboxylic acids is 1. The Hall–Kier alpha value is -3.16. The van der Waals surface area contributed by atoms with Gasteiger partial charge in [-0.1, -0.05) is 6.07 Å². The van der Waals surface area contributed by atoms with Gasteiger partial charge in [0.1, 0.15) is 11.8 Å². The summed E-state index contributed by atoms with van der Waals surface area (Å²) in [6.45, 7) is 0. The summed E-state index contributed by atoms with van der Waals surface area (Å²) in [5, 5.41) is 20.1. The number of nitro groups is 1. The van der Waals surface area contributed by atoms with Gasteiger partial charge in [-0.2, -0.15) is 0 Å². The number of nitrogens with zero attached hydrogens (tertiary/aromatic N) is 2. The van der Waals surface area contributed by atoms with Gasteiger partial charge in [0.05, 0.1) is 12.0 Å². The third kappa shape index (κ3) is 2.89. The van der Waals surface area contributed by atoms with E-state index in [1.165, 1.54) is 37.6 Å². The molecule has 0 bridgehead atoms. The molecule has 0 saturated carbocycles. The van der Waals surface area contributed by atoms with Crippen molar-refractivity contribution in [2.24, 2.45) is 0 Å². The third-order valence-electron chi connectivity index (χ3n) is 2.60. The standard InChI is InChI=1S/C13H10N2O6/c1-20-11-4-2-3-8(13(16)17)12(11)21-10-5-6-14-7-9(10)15(18)19/h2-7H,1H3,(H,16,17). The first-order valence-corrected chi connectivity index (χ1v) is 5.71. The van der Waals surface area contributed by atoms with Crippen LogP contribution < -0.4 is 9.47 Å². The van der Waals surface area contributed by atoms with Crippen molar-refractivity contribution in [3.63, 3.8) is 0 Å². The van der Waals surface area contributed by atoms with Crippen molar-refractivity contribution in [1.82, 2.24) is 4.98 Å². The van der Waals surface area contributed by atoms with Crippen LogP contribution in [0.5, 0.6) is 17.2 Å². The summed E-state index contributed by atoms with van der Waals surface area (Å²) < 4.78 is 10.4. The van der Waals surface area contributed by atoms with E-state index in [4.69, 9.17) is 14.6 Å². The van der Waals surface area contributed by atoms with Gasteiger partial charge in [0, 0.05) is 12.3 Å². The van der Waals surface area contributed by atoms with Crippen LogP contribution in [-0.4, -0.2) is 28.1 Å². The van der Waals surface area contributed by atoms with Crippen LogP contribution in [-0.2, 0) is 0 Å². The van der Waals surface area contributed by atoms with Crippen LogP contribution in [0.2, 0.25) is 0 Å². The lowest BCUT2D eigenvalue weighted by Crippen LogP contribution is -2.03. The third-order valence-corrected chi connectivity index (χ3v) is 2.60. The fourth-order valence-electron chi connectivity index (χ4n) is 1.66. The minimum Gasteiger partial charge on any atom is -0.493 e. The van der Waals surface area contributed by atoms with E-state index in [1.54, 1.807) is 0 Å². The van der Waals surface area contributed by atoms with Gasteiger partial charge >= 0.3 is 11.7 Å². The first kappa shape index (κ1) is 14.3. The molecule has 8 heteroatoms. The average molecular weight is 290 g/mol. The number of carbonyl (C=O) groups is 1. The summed E-state index contributed by atoms with van der Waals surface area (Å²) in [6, 6.07) is 5.56. The van der Waals surface area contributed by atoms with Gasteiger partial charge in [-0.3, -0.25) is 15.1 Å². The molecule has 0 atom stereocenters. The summed E-state index contributed by atoms with van der Waals surface area (Å²) >= 11 is 0. The van der Waals surface area contributed by atoms with Crippen LogP contribution in [0, 0.1) is 10.1 Å². The fraction of sp³-hybridized carbons (Fsp3) is 0.0769. The lowest BCUT2D eigenvalue weighted by Gasteiger charge is -2.12. The molecule has 108 valence electrons. The molecule has 2 rings (SSSR count). The highest BCUT2D eigenvalue weighted by atomic mass is 16.6. The molecule has 0 saturated heterocycles. The van der Waals surface area contributed by atoms with Gasteiger partial charge in [0.2, 0.25) is 5.75 Å². The molecular formula is C13H10N2O6. The molecule has 0 aliphatic carbocycles. The molecule has 0 aliphatic rings. The van der Waals surface area contributed by atoms with Crippen molar-refractivity contribution in [3.05, 3.63) is 52.3 Å². The minimum absolute atomic E-state index is 0.109. The molecule has 0 amide bonds. The zero-order valence-corrected chi connectivity index (χ0v) is 10.8. The van der Waals surface area contributed by atoms with Crippen molar-refractivity contribution < 1.29 is 24.3 Å². The molecule has 1 aromatic heterocycles. The Balaban J connectivity index is 2.54. The van der Waals surface area contributed by atoms with E-state index in [0.717, 1.165) is 6.20 Å². The predicted octanol–water partition coefficient (Wildman–Crippen LogP) is 2.49. The maximum atomic E-state index is 11.2. The van der Waals surface area contributed by atoms with Gasteiger partial charge in [-0.25, -0.2) is 4.79 Å². The highest BCUT2D eigenvalue weighted by molar-refractivity contribution is 5.92. The first-order chi connectivity index (χ1) is 10.0. The van der Waals surface area contributed by atoms with Crippen molar-refractivity contribution in [3.8, 4) is 17.2 Å². The summed E-state index contributed by atoms with van der Waals surface area (Å²) in [4.78, 5) is 25.1. The van der Waals surface area contributed by atoms with E-state index in [-0.39, 0.29) is 28.5 Å². The number of aromatic carboxylic acids is 1. The molecule has 0 unspecified atom stereocenters. The van der Waals surface area contributed by atoms with Crippen molar-refractivity contribution in [2.75, 3.05) is 7.11 Å². The van der Waals surface area contributed by atoms with E-state index >= 15 is 0 Å². The van der Waals surface area contributed by atoms with E-state index in [9.17, 15) is 14.9 Å². The number of pyridine rings is 1. The minimum atomic E-state index is -1.24. The number of para-hydroxylation sites is 1. The smallest absolute Gasteiger partial charge is 0.339 e. The monoisotopic (exact) mass is 290 g/mol. The molecule has 0 fully saturated rings. The van der Waals surface area contributed by atoms with E-state index in [2.05, 4.69) is 4.98 Å². The Labute approximate surface area is 118 Å². The lowest BCUT2D eigenvalue weighted by molar-refractivity contribution is -0.386. The van der Waals surface area contributed by atoms with Crippen molar-refractivity contribution in [2.45, 2.75) is 0 Å². The number of ether oxygens (including phenoxy) is 2. The SMILES string of the molecule is COc1cccc(C(=O)O)c1Oc1ccncc1[N+](=O)[O-]. The topological polar surface area (TPSA) is 112 Å². The number of carboxylic acid groups (broad SMARTS) is 1. The first-order valence-electron chi connectivity index (χ1n) is 5.71. The Kier molecular flexibility index (Phi) is 3.98. The molecule has 21 heavy (non-hydrogen) atoms. The second-order valence-corrected chi connectivity index (χ2v) is 3.84. The summed E-state index contributed by atoms with van der Waals surface area (Å²) in [6.07, 6.45) is 2.32. The van der Waals surface area contributed by atoms with Crippen molar-refractivity contribution >= 4 is 11.7 Å². The number of benzene rings is 1. The summed E-state index contributed by atoms with van der Waals surface area (Å²) in [5.74, 6) is -1.31. The van der Waals surface area contributed by atoms with Gasteiger partial charge in [-0.15, -0.1) is 0 Å². The molecule has 0 spiro atoms. The lowest BCUT2D eigenvalue weighted by atomic mass is 10.2. The molecule has 2 aromatic rings. The largest absolute Gasteiger partial charge is 0.493 e. The normalized spacial score (nSPS) is 9.95. The van der Waals surface area contributed by atoms with E-state index in [1.807, 2.05) is 0 Å². The summed E-state index contributed by atoms with van der Waals surface area (Å²) in [5.41, 5.74) is -0.541. The van der Waals surface area contributed by atoms with Crippen LogP contribution in [0.1, 0.15) is 10.4 Å². The zero-order chi connectivity index (χ0) is 15.4. The second kappa shape index (κ2) is 5.87. The number of aromatic nitrogens is 1. The highest BCUT2D eigenvalue weighted by Crippen LogP contribution is 2.38. The maximum Gasteiger partial charge on any atom is 0.339 e. The van der Waals surface area contributed by atoms with Crippen LogP contribution in [0.15, 0.2) is 36.7 Å². The molecule has 1 N–H and O–H groups in total. The Morgan fingerprint density at radius 1 is 1.33 bits per heavy atom.